The number of ketones is 1. The van der Waals surface area contributed by atoms with E-state index in [1.54, 1.807) is 0 Å². The number of Topliss-reactive ketones (excluding diaryl/α,β-unsaturated/α-hetero) is 1. The SMILES string of the molecule is COc1cccc(C(Cl)C(C)=O)c1C(F)F. The minimum absolute atomic E-state index is 0.0411. The second-order valence-corrected chi connectivity index (χ2v) is 3.67. The van der Waals surface area contributed by atoms with Crippen molar-refractivity contribution in [1.29, 1.82) is 0 Å². The first-order valence-corrected chi connectivity index (χ1v) is 5.02. The number of rotatable bonds is 4. The van der Waals surface area contributed by atoms with E-state index in [-0.39, 0.29) is 22.7 Å². The Bertz CT molecular complexity index is 394. The molecular weight excluding hydrogens is 238 g/mol. The van der Waals surface area contributed by atoms with Crippen molar-refractivity contribution in [2.45, 2.75) is 18.7 Å². The summed E-state index contributed by atoms with van der Waals surface area (Å²) in [6.45, 7) is 1.26. The molecule has 5 heteroatoms. The topological polar surface area (TPSA) is 26.3 Å². The number of hydrogen-bond acceptors (Lipinski definition) is 2. The first kappa shape index (κ1) is 12.9. The molecular formula is C11H11ClF2O2. The lowest BCUT2D eigenvalue weighted by molar-refractivity contribution is -0.116. The fourth-order valence-electron chi connectivity index (χ4n) is 1.41. The Labute approximate surface area is 97.2 Å². The van der Waals surface area contributed by atoms with Crippen molar-refractivity contribution in [2.24, 2.45) is 0 Å². The predicted octanol–water partition coefficient (Wildman–Crippen LogP) is 3.50. The zero-order chi connectivity index (χ0) is 12.3. The monoisotopic (exact) mass is 248 g/mol. The van der Waals surface area contributed by atoms with E-state index < -0.39 is 11.8 Å². The highest BCUT2D eigenvalue weighted by molar-refractivity contribution is 6.30. The van der Waals surface area contributed by atoms with Gasteiger partial charge in [-0.3, -0.25) is 4.79 Å². The van der Waals surface area contributed by atoms with Crippen molar-refractivity contribution >= 4 is 17.4 Å². The molecule has 0 saturated heterocycles. The lowest BCUT2D eigenvalue weighted by Gasteiger charge is -2.15. The molecule has 0 saturated carbocycles. The third kappa shape index (κ3) is 2.50. The van der Waals surface area contributed by atoms with Gasteiger partial charge in [0.25, 0.3) is 6.43 Å². The average molecular weight is 249 g/mol. The lowest BCUT2D eigenvalue weighted by Crippen LogP contribution is -2.07. The number of halogens is 3. The van der Waals surface area contributed by atoms with Gasteiger partial charge in [-0.1, -0.05) is 12.1 Å². The van der Waals surface area contributed by atoms with Crippen molar-refractivity contribution < 1.29 is 18.3 Å². The molecule has 0 aliphatic rings. The van der Waals surface area contributed by atoms with E-state index in [4.69, 9.17) is 16.3 Å². The molecule has 1 aromatic carbocycles. The summed E-state index contributed by atoms with van der Waals surface area (Å²) in [5.74, 6) is -0.337. The Morgan fingerprint density at radius 1 is 1.44 bits per heavy atom. The van der Waals surface area contributed by atoms with Crippen LogP contribution in [0.25, 0.3) is 0 Å². The lowest BCUT2D eigenvalue weighted by atomic mass is 10.0. The second kappa shape index (κ2) is 5.25. The van der Waals surface area contributed by atoms with E-state index in [0.717, 1.165) is 0 Å². The van der Waals surface area contributed by atoms with Crippen LogP contribution in [0, 0.1) is 0 Å². The first-order chi connectivity index (χ1) is 7.49. The third-order valence-corrected chi connectivity index (χ3v) is 2.71. The number of alkyl halides is 3. The van der Waals surface area contributed by atoms with Gasteiger partial charge >= 0.3 is 0 Å². The van der Waals surface area contributed by atoms with Crippen molar-refractivity contribution in [3.05, 3.63) is 29.3 Å². The van der Waals surface area contributed by atoms with E-state index in [2.05, 4.69) is 0 Å². The van der Waals surface area contributed by atoms with E-state index in [1.165, 1.54) is 32.2 Å². The van der Waals surface area contributed by atoms with Crippen molar-refractivity contribution in [3.8, 4) is 5.75 Å². The highest BCUT2D eigenvalue weighted by atomic mass is 35.5. The Morgan fingerprint density at radius 3 is 2.50 bits per heavy atom. The molecule has 0 aliphatic carbocycles. The number of ether oxygens (including phenoxy) is 1. The van der Waals surface area contributed by atoms with Gasteiger partial charge in [-0.2, -0.15) is 0 Å². The van der Waals surface area contributed by atoms with Crippen LogP contribution >= 0.6 is 11.6 Å². The first-order valence-electron chi connectivity index (χ1n) is 4.58. The minimum atomic E-state index is -2.73. The van der Waals surface area contributed by atoms with Gasteiger partial charge in [-0.15, -0.1) is 11.6 Å². The van der Waals surface area contributed by atoms with E-state index in [0.29, 0.717) is 0 Å². The van der Waals surface area contributed by atoms with Gasteiger partial charge in [-0.25, -0.2) is 8.78 Å². The molecule has 1 atom stereocenters. The van der Waals surface area contributed by atoms with E-state index in [1.807, 2.05) is 0 Å². The van der Waals surface area contributed by atoms with E-state index >= 15 is 0 Å². The summed E-state index contributed by atoms with van der Waals surface area (Å²) < 4.78 is 30.5. The van der Waals surface area contributed by atoms with Gasteiger partial charge in [0.2, 0.25) is 0 Å². The van der Waals surface area contributed by atoms with Crippen LogP contribution in [0.2, 0.25) is 0 Å². The standard InChI is InChI=1S/C11H11ClF2O2/c1-6(15)10(12)7-4-3-5-8(16-2)9(7)11(13)14/h3-5,10-11H,1-2H3. The molecule has 1 aromatic rings. The molecule has 2 nitrogen and oxygen atoms in total. The van der Waals surface area contributed by atoms with Gasteiger partial charge in [0, 0.05) is 0 Å². The molecule has 1 unspecified atom stereocenters. The largest absolute Gasteiger partial charge is 0.496 e. The molecule has 88 valence electrons. The normalized spacial score (nSPS) is 12.6. The smallest absolute Gasteiger partial charge is 0.267 e. The van der Waals surface area contributed by atoms with Crippen LogP contribution in [0.4, 0.5) is 8.78 Å². The average Bonchev–Trinajstić information content (AvgIpc) is 2.26. The maximum atomic E-state index is 12.8. The Kier molecular flexibility index (Phi) is 4.24. The summed E-state index contributed by atoms with van der Waals surface area (Å²) in [7, 11) is 1.29. The molecule has 0 heterocycles. The Morgan fingerprint density at radius 2 is 2.06 bits per heavy atom. The number of methoxy groups -OCH3 is 1. The van der Waals surface area contributed by atoms with Crippen molar-refractivity contribution in [2.75, 3.05) is 7.11 Å². The van der Waals surface area contributed by atoms with Gasteiger partial charge in [0.1, 0.15) is 11.1 Å². The summed E-state index contributed by atoms with van der Waals surface area (Å²) in [4.78, 5) is 11.1. The highest BCUT2D eigenvalue weighted by Crippen LogP contribution is 2.37. The van der Waals surface area contributed by atoms with Crippen LogP contribution < -0.4 is 4.74 Å². The van der Waals surface area contributed by atoms with Crippen molar-refractivity contribution in [1.82, 2.24) is 0 Å². The van der Waals surface area contributed by atoms with Crippen molar-refractivity contribution in [3.63, 3.8) is 0 Å². The molecule has 0 aliphatic heterocycles. The molecule has 0 aromatic heterocycles. The molecule has 0 bridgehead atoms. The molecule has 0 radical (unpaired) electrons. The summed E-state index contributed by atoms with van der Waals surface area (Å²) in [6, 6.07) is 4.34. The van der Waals surface area contributed by atoms with Crippen LogP contribution in [0.3, 0.4) is 0 Å². The molecule has 0 fully saturated rings. The molecule has 16 heavy (non-hydrogen) atoms. The maximum Gasteiger partial charge on any atom is 0.267 e. The van der Waals surface area contributed by atoms with Crippen LogP contribution in [0.1, 0.15) is 29.9 Å². The van der Waals surface area contributed by atoms with Crippen LogP contribution in [0.5, 0.6) is 5.75 Å². The highest BCUT2D eigenvalue weighted by Gasteiger charge is 2.24. The Hall–Kier alpha value is -1.16. The fourth-order valence-corrected chi connectivity index (χ4v) is 1.60. The summed E-state index contributed by atoms with van der Waals surface area (Å²) in [5.41, 5.74) is -0.219. The molecule has 0 N–H and O–H groups in total. The number of hydrogen-bond donors (Lipinski definition) is 0. The minimum Gasteiger partial charge on any atom is -0.496 e. The fraction of sp³-hybridized carbons (Fsp3) is 0.364. The number of carbonyl (C=O) groups excluding carboxylic acids is 1. The van der Waals surface area contributed by atoms with Gasteiger partial charge in [0.15, 0.2) is 5.78 Å². The Balaban J connectivity index is 3.32. The summed E-state index contributed by atoms with van der Waals surface area (Å²) in [5, 5.41) is -1.07. The molecule has 1 rings (SSSR count). The second-order valence-electron chi connectivity index (χ2n) is 3.24. The predicted molar refractivity (Wildman–Crippen MR) is 57.2 cm³/mol. The number of benzene rings is 1. The van der Waals surface area contributed by atoms with Crippen LogP contribution in [0.15, 0.2) is 18.2 Å². The maximum absolute atomic E-state index is 12.8. The summed E-state index contributed by atoms with van der Waals surface area (Å²) in [6.07, 6.45) is -2.73. The molecule has 0 spiro atoms. The zero-order valence-electron chi connectivity index (χ0n) is 8.84. The van der Waals surface area contributed by atoms with E-state index in [9.17, 15) is 13.6 Å². The quantitative estimate of drug-likeness (QED) is 0.763. The van der Waals surface area contributed by atoms with Gasteiger partial charge in [0.05, 0.1) is 12.7 Å². The zero-order valence-corrected chi connectivity index (χ0v) is 9.59. The number of carbonyl (C=O) groups is 1. The van der Waals surface area contributed by atoms with Crippen LogP contribution in [-0.2, 0) is 4.79 Å². The van der Waals surface area contributed by atoms with Crippen LogP contribution in [-0.4, -0.2) is 12.9 Å². The van der Waals surface area contributed by atoms with Gasteiger partial charge < -0.3 is 4.74 Å². The summed E-state index contributed by atoms with van der Waals surface area (Å²) >= 11 is 5.78. The van der Waals surface area contributed by atoms with Gasteiger partial charge in [-0.05, 0) is 18.6 Å². The molecule has 0 amide bonds. The third-order valence-electron chi connectivity index (χ3n) is 2.17.